The standard InChI is InChI=1S/C5H6N2.ClH/c1-2-6-4-5-7-3-1;/h1-6H;1H. The molecule has 0 bridgehead atoms. The van der Waals surface area contributed by atoms with E-state index in [-0.39, 0.29) is 12.4 Å². The monoisotopic (exact) mass is 130 g/mol. The van der Waals surface area contributed by atoms with E-state index in [0.29, 0.717) is 0 Å². The van der Waals surface area contributed by atoms with Crippen molar-refractivity contribution in [3.63, 3.8) is 0 Å². The fourth-order valence-corrected chi connectivity index (χ4v) is 0.340. The minimum atomic E-state index is 0. The van der Waals surface area contributed by atoms with E-state index in [2.05, 4.69) is 10.3 Å². The first-order valence-corrected chi connectivity index (χ1v) is 2.09. The van der Waals surface area contributed by atoms with Crippen molar-refractivity contribution in [1.82, 2.24) is 5.32 Å². The summed E-state index contributed by atoms with van der Waals surface area (Å²) in [6.45, 7) is 0. The predicted molar refractivity (Wildman–Crippen MR) is 37.2 cm³/mol. The van der Waals surface area contributed by atoms with Crippen LogP contribution < -0.4 is 5.32 Å². The Morgan fingerprint density at radius 1 is 1.25 bits per heavy atom. The van der Waals surface area contributed by atoms with Crippen molar-refractivity contribution in [3.8, 4) is 0 Å². The minimum Gasteiger partial charge on any atom is -0.366 e. The van der Waals surface area contributed by atoms with E-state index in [0.717, 1.165) is 0 Å². The summed E-state index contributed by atoms with van der Waals surface area (Å²) in [7, 11) is 0. The first-order chi connectivity index (χ1) is 3.50. The minimum absolute atomic E-state index is 0. The molecular weight excluding hydrogens is 124 g/mol. The van der Waals surface area contributed by atoms with Gasteiger partial charge in [0.15, 0.2) is 0 Å². The van der Waals surface area contributed by atoms with Gasteiger partial charge in [-0.25, -0.2) is 0 Å². The maximum atomic E-state index is 3.82. The highest BCUT2D eigenvalue weighted by molar-refractivity contribution is 5.85. The first-order valence-electron chi connectivity index (χ1n) is 2.09. The number of hydrogen-bond donors (Lipinski definition) is 1. The van der Waals surface area contributed by atoms with Crippen LogP contribution in [0.15, 0.2) is 29.7 Å². The van der Waals surface area contributed by atoms with Crippen LogP contribution in [0.4, 0.5) is 0 Å². The van der Waals surface area contributed by atoms with Crippen LogP contribution in [0.3, 0.4) is 0 Å². The number of rotatable bonds is 0. The Morgan fingerprint density at radius 3 is 3.00 bits per heavy atom. The van der Waals surface area contributed by atoms with Gasteiger partial charge in [-0.1, -0.05) is 0 Å². The van der Waals surface area contributed by atoms with E-state index in [1.165, 1.54) is 0 Å². The van der Waals surface area contributed by atoms with Gasteiger partial charge in [-0.05, 0) is 6.08 Å². The fraction of sp³-hybridized carbons (Fsp3) is 0. The molecule has 1 aliphatic rings. The van der Waals surface area contributed by atoms with Crippen LogP contribution in [0.25, 0.3) is 0 Å². The Morgan fingerprint density at radius 2 is 2.12 bits per heavy atom. The Bertz CT molecular complexity index is 112. The molecule has 0 aromatic carbocycles. The van der Waals surface area contributed by atoms with Crippen LogP contribution in [0.1, 0.15) is 0 Å². The SMILES string of the molecule is C1=CNC=CN=C1.Cl. The summed E-state index contributed by atoms with van der Waals surface area (Å²) in [5.41, 5.74) is 0. The molecule has 44 valence electrons. The van der Waals surface area contributed by atoms with Gasteiger partial charge in [0.2, 0.25) is 0 Å². The Kier molecular flexibility index (Phi) is 3.98. The van der Waals surface area contributed by atoms with Crippen molar-refractivity contribution in [3.05, 3.63) is 24.7 Å². The van der Waals surface area contributed by atoms with Crippen molar-refractivity contribution in [2.75, 3.05) is 0 Å². The number of hydrogen-bond acceptors (Lipinski definition) is 2. The number of halogens is 1. The summed E-state index contributed by atoms with van der Waals surface area (Å²) in [5.74, 6) is 0. The van der Waals surface area contributed by atoms with Crippen LogP contribution in [0, 0.1) is 0 Å². The summed E-state index contributed by atoms with van der Waals surface area (Å²) < 4.78 is 0. The van der Waals surface area contributed by atoms with Gasteiger partial charge in [0, 0.05) is 24.8 Å². The molecule has 1 heterocycles. The van der Waals surface area contributed by atoms with E-state index in [1.54, 1.807) is 18.6 Å². The molecule has 1 rings (SSSR count). The highest BCUT2D eigenvalue weighted by Crippen LogP contribution is 1.75. The molecule has 0 unspecified atom stereocenters. The lowest BCUT2D eigenvalue weighted by Gasteiger charge is -1.78. The molecular formula is C5H7ClN2. The topological polar surface area (TPSA) is 24.4 Å². The number of nitrogens with one attached hydrogen (secondary N) is 1. The molecule has 0 saturated heterocycles. The molecule has 0 spiro atoms. The molecule has 0 amide bonds. The number of aliphatic imine (C=N–C) groups is 1. The summed E-state index contributed by atoms with van der Waals surface area (Å²) in [5, 5.41) is 2.86. The molecule has 2 nitrogen and oxygen atoms in total. The third-order valence-electron chi connectivity index (χ3n) is 0.621. The zero-order valence-electron chi connectivity index (χ0n) is 4.24. The lowest BCUT2D eigenvalue weighted by molar-refractivity contribution is 1.19. The van der Waals surface area contributed by atoms with Crippen molar-refractivity contribution >= 4 is 18.6 Å². The second kappa shape index (κ2) is 4.40. The van der Waals surface area contributed by atoms with Gasteiger partial charge in [-0.2, -0.15) is 0 Å². The van der Waals surface area contributed by atoms with E-state index in [4.69, 9.17) is 0 Å². The first kappa shape index (κ1) is 7.24. The van der Waals surface area contributed by atoms with Gasteiger partial charge >= 0.3 is 0 Å². The molecule has 0 fully saturated rings. The van der Waals surface area contributed by atoms with Gasteiger partial charge < -0.3 is 5.32 Å². The van der Waals surface area contributed by atoms with E-state index in [1.807, 2.05) is 12.3 Å². The summed E-state index contributed by atoms with van der Waals surface area (Å²) >= 11 is 0. The average molecular weight is 131 g/mol. The Hall–Kier alpha value is -0.760. The predicted octanol–water partition coefficient (Wildman–Crippen LogP) is 1.07. The summed E-state index contributed by atoms with van der Waals surface area (Å²) in [6, 6.07) is 0. The van der Waals surface area contributed by atoms with Crippen molar-refractivity contribution in [1.29, 1.82) is 0 Å². The molecule has 0 saturated carbocycles. The molecule has 8 heavy (non-hydrogen) atoms. The van der Waals surface area contributed by atoms with E-state index >= 15 is 0 Å². The van der Waals surface area contributed by atoms with Crippen molar-refractivity contribution in [2.24, 2.45) is 4.99 Å². The van der Waals surface area contributed by atoms with Gasteiger partial charge in [0.05, 0.1) is 0 Å². The smallest absolute Gasteiger partial charge is 0.0427 e. The van der Waals surface area contributed by atoms with Crippen LogP contribution in [0.5, 0.6) is 0 Å². The van der Waals surface area contributed by atoms with Crippen LogP contribution in [-0.2, 0) is 0 Å². The van der Waals surface area contributed by atoms with Crippen molar-refractivity contribution in [2.45, 2.75) is 0 Å². The number of nitrogens with zero attached hydrogens (tertiary/aromatic N) is 1. The fourth-order valence-electron chi connectivity index (χ4n) is 0.340. The Labute approximate surface area is 54.4 Å². The highest BCUT2D eigenvalue weighted by Gasteiger charge is 1.68. The van der Waals surface area contributed by atoms with Crippen LogP contribution in [-0.4, -0.2) is 6.21 Å². The lowest BCUT2D eigenvalue weighted by atomic mass is 10.7. The summed E-state index contributed by atoms with van der Waals surface area (Å²) in [6.07, 6.45) is 8.82. The zero-order chi connectivity index (χ0) is 4.95. The van der Waals surface area contributed by atoms with E-state index in [9.17, 15) is 0 Å². The zero-order valence-corrected chi connectivity index (χ0v) is 5.06. The second-order valence-electron chi connectivity index (χ2n) is 1.14. The third-order valence-corrected chi connectivity index (χ3v) is 0.621. The maximum Gasteiger partial charge on any atom is 0.0427 e. The molecule has 0 radical (unpaired) electrons. The molecule has 0 aromatic heterocycles. The van der Waals surface area contributed by atoms with Crippen LogP contribution in [0.2, 0.25) is 0 Å². The largest absolute Gasteiger partial charge is 0.366 e. The molecule has 0 aromatic rings. The van der Waals surface area contributed by atoms with Gasteiger partial charge in [0.25, 0.3) is 0 Å². The molecule has 1 N–H and O–H groups in total. The van der Waals surface area contributed by atoms with Gasteiger partial charge in [0.1, 0.15) is 0 Å². The molecule has 0 atom stereocenters. The molecule has 1 aliphatic heterocycles. The van der Waals surface area contributed by atoms with Crippen molar-refractivity contribution < 1.29 is 0 Å². The van der Waals surface area contributed by atoms with Crippen LogP contribution >= 0.6 is 12.4 Å². The number of allylic oxidation sites excluding steroid dienone is 1. The second-order valence-corrected chi connectivity index (χ2v) is 1.14. The molecule has 0 aliphatic carbocycles. The average Bonchev–Trinajstić information content (AvgIpc) is 1.90. The maximum absolute atomic E-state index is 3.82. The Balaban J connectivity index is 0.000000490. The quantitative estimate of drug-likeness (QED) is 0.521. The summed E-state index contributed by atoms with van der Waals surface area (Å²) in [4.78, 5) is 3.82. The third kappa shape index (κ3) is 2.42. The highest BCUT2D eigenvalue weighted by atomic mass is 35.5. The van der Waals surface area contributed by atoms with Gasteiger partial charge in [-0.3, -0.25) is 4.99 Å². The lowest BCUT2D eigenvalue weighted by Crippen LogP contribution is -1.87. The van der Waals surface area contributed by atoms with E-state index < -0.39 is 0 Å². The van der Waals surface area contributed by atoms with Gasteiger partial charge in [-0.15, -0.1) is 12.4 Å². The molecule has 3 heteroatoms. The normalized spacial score (nSPS) is 14.0.